The number of carboxylic acids is 1. The van der Waals surface area contributed by atoms with Crippen LogP contribution in [-0.2, 0) is 9.59 Å². The molecule has 0 rings (SSSR count). The first-order chi connectivity index (χ1) is 28.2. The summed E-state index contributed by atoms with van der Waals surface area (Å²) in [5.41, 5.74) is 0. The molecule has 0 aliphatic heterocycles. The van der Waals surface area contributed by atoms with Gasteiger partial charge >= 0.3 is 5.97 Å². The van der Waals surface area contributed by atoms with Gasteiger partial charge in [0.2, 0.25) is 0 Å². The summed E-state index contributed by atoms with van der Waals surface area (Å²) in [7, 11) is 0. The van der Waals surface area contributed by atoms with Crippen LogP contribution in [0.4, 0.5) is 0 Å². The standard InChI is InChI=1S/C47H72O12/c1-2-37(48)31-32-41(52)27-19-25-40(51)26-20-29-43(54)34-33-42(53)28-18-24-39(50)23-16-12-9-11-15-22-38(49)21-14-10-7-5-3-4-6-8-13-17-30-44(55)47(59)45(56)35-36-46(57)58/h1,16,23,31-32,37,39-45,47-48,50-56,59H,3-15,17-19,21-22,24-28,30H2,(H,57,58)/b23-16+,32-31+. The number of aliphatic hydroxyl groups is 9. The van der Waals surface area contributed by atoms with E-state index in [1.54, 1.807) is 12.0 Å². The van der Waals surface area contributed by atoms with E-state index >= 15 is 0 Å². The third kappa shape index (κ3) is 36.1. The molecule has 9 atom stereocenters. The van der Waals surface area contributed by atoms with E-state index in [9.17, 15) is 55.5 Å². The molecular formula is C47H72O12. The second-order valence-corrected chi connectivity index (χ2v) is 15.1. The van der Waals surface area contributed by atoms with Gasteiger partial charge in [-0.2, -0.15) is 0 Å². The summed E-state index contributed by atoms with van der Waals surface area (Å²) in [5.74, 6) is 15.0. The fraction of sp³-hybridized carbons (Fsp3) is 0.702. The van der Waals surface area contributed by atoms with Crippen molar-refractivity contribution in [1.29, 1.82) is 0 Å². The van der Waals surface area contributed by atoms with E-state index in [0.29, 0.717) is 70.0 Å². The lowest BCUT2D eigenvalue weighted by atomic mass is 10.0. The predicted octanol–water partition coefficient (Wildman–Crippen LogP) is 4.01. The van der Waals surface area contributed by atoms with Crippen molar-refractivity contribution in [3.05, 3.63) is 24.3 Å². The molecule has 0 radical (unpaired) electrons. The minimum absolute atomic E-state index is 0.127. The van der Waals surface area contributed by atoms with Crippen LogP contribution in [0.1, 0.15) is 154 Å². The Morgan fingerprint density at radius 3 is 1.73 bits per heavy atom. The molecule has 0 saturated heterocycles. The summed E-state index contributed by atoms with van der Waals surface area (Å²) in [6.45, 7) is 0. The lowest BCUT2D eigenvalue weighted by Gasteiger charge is -2.19. The summed E-state index contributed by atoms with van der Waals surface area (Å²) in [6.07, 6.45) is 20.0. The van der Waals surface area contributed by atoms with Crippen molar-refractivity contribution in [2.45, 2.75) is 209 Å². The molecule has 12 heteroatoms. The molecule has 9 unspecified atom stereocenters. The average molecular weight is 829 g/mol. The normalized spacial score (nSPS) is 15.9. The molecule has 0 bridgehead atoms. The van der Waals surface area contributed by atoms with E-state index in [1.165, 1.54) is 12.2 Å². The van der Waals surface area contributed by atoms with E-state index in [-0.39, 0.29) is 6.42 Å². The van der Waals surface area contributed by atoms with Crippen molar-refractivity contribution in [2.24, 2.45) is 0 Å². The van der Waals surface area contributed by atoms with Gasteiger partial charge in [-0.3, -0.25) is 4.79 Å². The predicted molar refractivity (Wildman–Crippen MR) is 228 cm³/mol. The highest BCUT2D eigenvalue weighted by atomic mass is 16.4. The fourth-order valence-corrected chi connectivity index (χ4v) is 6.05. The van der Waals surface area contributed by atoms with E-state index in [2.05, 4.69) is 29.6 Å². The molecule has 12 nitrogen and oxygen atoms in total. The first-order valence-corrected chi connectivity index (χ1v) is 21.4. The highest BCUT2D eigenvalue weighted by molar-refractivity contribution is 5.86. The number of ketones is 1. The number of hydrogen-bond acceptors (Lipinski definition) is 11. The zero-order chi connectivity index (χ0) is 44.1. The molecule has 332 valence electrons. The molecule has 0 amide bonds. The summed E-state index contributed by atoms with van der Waals surface area (Å²) >= 11 is 0. The average Bonchev–Trinajstić information content (AvgIpc) is 3.20. The summed E-state index contributed by atoms with van der Waals surface area (Å²) in [4.78, 5) is 22.6. The smallest absolute Gasteiger partial charge is 0.381 e. The molecule has 0 aromatic rings. The van der Waals surface area contributed by atoms with Gasteiger partial charge in [-0.1, -0.05) is 118 Å². The topological polar surface area (TPSA) is 236 Å². The Kier molecular flexibility index (Phi) is 35.3. The highest BCUT2D eigenvalue weighted by Gasteiger charge is 2.22. The van der Waals surface area contributed by atoms with Crippen LogP contribution in [0.5, 0.6) is 0 Å². The molecular weight excluding hydrogens is 757 g/mol. The number of rotatable bonds is 33. The summed E-state index contributed by atoms with van der Waals surface area (Å²) < 4.78 is 0. The van der Waals surface area contributed by atoms with Crippen molar-refractivity contribution >= 4 is 11.8 Å². The summed E-state index contributed by atoms with van der Waals surface area (Å²) in [5, 5.41) is 97.2. The lowest BCUT2D eigenvalue weighted by Crippen LogP contribution is -2.36. The molecule has 59 heavy (non-hydrogen) atoms. The second kappa shape index (κ2) is 37.5. The van der Waals surface area contributed by atoms with Crippen molar-refractivity contribution in [3.63, 3.8) is 0 Å². The number of allylic oxidation sites excluding steroid dienone is 1. The first-order valence-electron chi connectivity index (χ1n) is 21.4. The van der Waals surface area contributed by atoms with Gasteiger partial charge in [0.1, 0.15) is 30.2 Å². The number of carbonyl (C=O) groups excluding carboxylic acids is 1. The van der Waals surface area contributed by atoms with Gasteiger partial charge in [0, 0.05) is 25.2 Å². The van der Waals surface area contributed by atoms with E-state index in [1.807, 2.05) is 12.0 Å². The third-order valence-electron chi connectivity index (χ3n) is 9.60. The van der Waals surface area contributed by atoms with Crippen LogP contribution in [0, 0.1) is 47.9 Å². The van der Waals surface area contributed by atoms with Gasteiger partial charge in [-0.25, -0.2) is 4.79 Å². The lowest BCUT2D eigenvalue weighted by molar-refractivity contribution is -0.130. The number of Topliss-reactive ketones (excluding diaryl/α,β-unsaturated/α-hetero) is 1. The fourth-order valence-electron chi connectivity index (χ4n) is 6.05. The minimum atomic E-state index is -1.60. The van der Waals surface area contributed by atoms with Gasteiger partial charge in [0.25, 0.3) is 0 Å². The zero-order valence-corrected chi connectivity index (χ0v) is 34.8. The maximum atomic E-state index is 12.2. The van der Waals surface area contributed by atoms with Crippen molar-refractivity contribution < 1.29 is 60.7 Å². The largest absolute Gasteiger partial charge is 0.472 e. The Bertz CT molecular complexity index is 1400. The zero-order valence-electron chi connectivity index (χ0n) is 34.8. The van der Waals surface area contributed by atoms with Gasteiger partial charge in [0.05, 0.1) is 24.4 Å². The van der Waals surface area contributed by atoms with Crippen LogP contribution < -0.4 is 0 Å². The van der Waals surface area contributed by atoms with Crippen molar-refractivity contribution in [1.82, 2.24) is 0 Å². The Morgan fingerprint density at radius 1 is 0.559 bits per heavy atom. The Balaban J connectivity index is 3.80. The number of aliphatic carboxylic acids is 1. The van der Waals surface area contributed by atoms with E-state index in [0.717, 1.165) is 83.5 Å². The number of terminal acetylenes is 1. The molecule has 0 spiro atoms. The number of carbonyl (C=O) groups is 2. The summed E-state index contributed by atoms with van der Waals surface area (Å²) in [6, 6.07) is 0. The van der Waals surface area contributed by atoms with Crippen LogP contribution in [0.15, 0.2) is 24.3 Å². The van der Waals surface area contributed by atoms with Gasteiger partial charge in [0.15, 0.2) is 6.10 Å². The molecule has 0 aliphatic carbocycles. The van der Waals surface area contributed by atoms with Crippen LogP contribution in [-0.4, -0.2) is 118 Å². The van der Waals surface area contributed by atoms with Crippen molar-refractivity contribution in [2.75, 3.05) is 0 Å². The molecule has 0 aromatic heterocycles. The quantitative estimate of drug-likeness (QED) is 0.0257. The van der Waals surface area contributed by atoms with Gasteiger partial charge in [-0.05, 0) is 76.7 Å². The first kappa shape index (κ1) is 55.5. The molecule has 0 heterocycles. The van der Waals surface area contributed by atoms with Gasteiger partial charge in [-0.15, -0.1) is 6.42 Å². The SMILES string of the molecule is C#CC(O)/C=C/C(O)CCCC(O)CC#CC(O)C#CC(O)CCCC(O)/C=C/CCCCCC(=O)CCCCCCCCCCCCC(O)C(O)C(O)C#CC(=O)O. The molecule has 0 aromatic carbocycles. The van der Waals surface area contributed by atoms with E-state index < -0.39 is 60.9 Å². The monoisotopic (exact) mass is 829 g/mol. The van der Waals surface area contributed by atoms with Crippen LogP contribution in [0.3, 0.4) is 0 Å². The molecule has 10 N–H and O–H groups in total. The van der Waals surface area contributed by atoms with E-state index in [4.69, 9.17) is 11.5 Å². The molecule has 0 saturated carbocycles. The Hall–Kier alpha value is -3.50. The number of carboxylic acid groups (broad SMARTS) is 1. The molecule has 0 aliphatic rings. The van der Waals surface area contributed by atoms with Gasteiger partial charge < -0.3 is 51.1 Å². The van der Waals surface area contributed by atoms with Crippen LogP contribution in [0.2, 0.25) is 0 Å². The number of hydrogen-bond donors (Lipinski definition) is 10. The van der Waals surface area contributed by atoms with Crippen LogP contribution in [0.25, 0.3) is 0 Å². The minimum Gasteiger partial charge on any atom is -0.472 e. The Morgan fingerprint density at radius 2 is 1.12 bits per heavy atom. The maximum absolute atomic E-state index is 12.2. The van der Waals surface area contributed by atoms with Crippen LogP contribution >= 0.6 is 0 Å². The Labute approximate surface area is 352 Å². The third-order valence-corrected chi connectivity index (χ3v) is 9.60. The molecule has 0 fully saturated rings. The van der Waals surface area contributed by atoms with Crippen molar-refractivity contribution in [3.8, 4) is 47.9 Å². The maximum Gasteiger partial charge on any atom is 0.381 e. The highest BCUT2D eigenvalue weighted by Crippen LogP contribution is 2.15. The number of aliphatic hydroxyl groups excluding tert-OH is 9. The second-order valence-electron chi connectivity index (χ2n) is 15.1. The number of unbranched alkanes of at least 4 members (excludes halogenated alkanes) is 12.